The van der Waals surface area contributed by atoms with Crippen LogP contribution in [0.4, 0.5) is 5.69 Å². The molecule has 0 saturated heterocycles. The van der Waals surface area contributed by atoms with Crippen molar-refractivity contribution in [3.63, 3.8) is 0 Å². The topological polar surface area (TPSA) is 12.0 Å². The number of hydrogen-bond donors (Lipinski definition) is 1. The van der Waals surface area contributed by atoms with Crippen LogP contribution in [0.25, 0.3) is 0 Å². The molecule has 1 aromatic rings. The summed E-state index contributed by atoms with van der Waals surface area (Å²) in [7, 11) is 0. The van der Waals surface area contributed by atoms with Gasteiger partial charge in [-0.3, -0.25) is 0 Å². The van der Waals surface area contributed by atoms with E-state index in [0.717, 1.165) is 16.7 Å². The Morgan fingerprint density at radius 2 is 2.18 bits per heavy atom. The van der Waals surface area contributed by atoms with Gasteiger partial charge in [-0.25, -0.2) is 0 Å². The SMILES string of the molecule is C=CCNc1ccccc1Br. The van der Waals surface area contributed by atoms with Gasteiger partial charge in [0.2, 0.25) is 0 Å². The zero-order valence-corrected chi connectivity index (χ0v) is 7.76. The lowest BCUT2D eigenvalue weighted by molar-refractivity contribution is 1.33. The molecule has 0 unspecified atom stereocenters. The molecule has 11 heavy (non-hydrogen) atoms. The fourth-order valence-electron chi connectivity index (χ4n) is 0.787. The van der Waals surface area contributed by atoms with Crippen molar-refractivity contribution in [3.8, 4) is 0 Å². The van der Waals surface area contributed by atoms with Gasteiger partial charge >= 0.3 is 0 Å². The van der Waals surface area contributed by atoms with Crippen LogP contribution in [0.1, 0.15) is 0 Å². The molecule has 1 N–H and O–H groups in total. The van der Waals surface area contributed by atoms with E-state index in [-0.39, 0.29) is 0 Å². The summed E-state index contributed by atoms with van der Waals surface area (Å²) in [5.41, 5.74) is 1.10. The molecule has 0 bridgehead atoms. The largest absolute Gasteiger partial charge is 0.381 e. The third kappa shape index (κ3) is 2.39. The number of para-hydroxylation sites is 1. The van der Waals surface area contributed by atoms with Gasteiger partial charge in [-0.2, -0.15) is 0 Å². The number of hydrogen-bond acceptors (Lipinski definition) is 1. The van der Waals surface area contributed by atoms with Gasteiger partial charge in [0.1, 0.15) is 0 Å². The van der Waals surface area contributed by atoms with Crippen LogP contribution in [0.2, 0.25) is 0 Å². The van der Waals surface area contributed by atoms with E-state index < -0.39 is 0 Å². The Morgan fingerprint density at radius 3 is 2.82 bits per heavy atom. The van der Waals surface area contributed by atoms with Gasteiger partial charge < -0.3 is 5.32 Å². The highest BCUT2D eigenvalue weighted by molar-refractivity contribution is 9.10. The van der Waals surface area contributed by atoms with E-state index in [4.69, 9.17) is 0 Å². The third-order valence-corrected chi connectivity index (χ3v) is 2.00. The van der Waals surface area contributed by atoms with E-state index >= 15 is 0 Å². The molecule has 1 aromatic carbocycles. The van der Waals surface area contributed by atoms with Crippen LogP contribution in [0.3, 0.4) is 0 Å². The lowest BCUT2D eigenvalue weighted by Gasteiger charge is -2.04. The first-order chi connectivity index (χ1) is 5.34. The fraction of sp³-hybridized carbons (Fsp3) is 0.111. The van der Waals surface area contributed by atoms with Gasteiger partial charge in [0, 0.05) is 16.7 Å². The minimum Gasteiger partial charge on any atom is -0.381 e. The summed E-state index contributed by atoms with van der Waals surface area (Å²) in [4.78, 5) is 0. The number of anilines is 1. The Labute approximate surface area is 75.3 Å². The maximum Gasteiger partial charge on any atom is 0.0487 e. The van der Waals surface area contributed by atoms with E-state index in [1.54, 1.807) is 0 Å². The minimum atomic E-state index is 0.794. The lowest BCUT2D eigenvalue weighted by Crippen LogP contribution is -1.97. The van der Waals surface area contributed by atoms with Crippen molar-refractivity contribution >= 4 is 21.6 Å². The van der Waals surface area contributed by atoms with Crippen molar-refractivity contribution in [1.82, 2.24) is 0 Å². The predicted molar refractivity (Wildman–Crippen MR) is 52.8 cm³/mol. The molecule has 0 saturated carbocycles. The first-order valence-electron chi connectivity index (χ1n) is 3.44. The first kappa shape index (κ1) is 8.34. The highest BCUT2D eigenvalue weighted by Crippen LogP contribution is 2.20. The summed E-state index contributed by atoms with van der Waals surface area (Å²) in [5.74, 6) is 0. The molecule has 0 spiro atoms. The molecule has 2 heteroatoms. The predicted octanol–water partition coefficient (Wildman–Crippen LogP) is 3.05. The second-order valence-corrected chi connectivity index (χ2v) is 3.00. The van der Waals surface area contributed by atoms with E-state index in [1.165, 1.54) is 0 Å². The quantitative estimate of drug-likeness (QED) is 0.759. The highest BCUT2D eigenvalue weighted by Gasteiger charge is 1.93. The van der Waals surface area contributed by atoms with Crippen LogP contribution in [0.15, 0.2) is 41.4 Å². The van der Waals surface area contributed by atoms with Crippen molar-refractivity contribution in [3.05, 3.63) is 41.4 Å². The molecule has 0 aromatic heterocycles. The van der Waals surface area contributed by atoms with E-state index in [9.17, 15) is 0 Å². The van der Waals surface area contributed by atoms with Gasteiger partial charge in [0.25, 0.3) is 0 Å². The molecular weight excluding hydrogens is 202 g/mol. The molecule has 0 atom stereocenters. The van der Waals surface area contributed by atoms with Gasteiger partial charge in [-0.15, -0.1) is 6.58 Å². The normalized spacial score (nSPS) is 9.18. The number of halogens is 1. The molecule has 0 aliphatic rings. The Bertz CT molecular complexity index is 245. The van der Waals surface area contributed by atoms with Crippen LogP contribution in [0, 0.1) is 0 Å². The summed E-state index contributed by atoms with van der Waals surface area (Å²) >= 11 is 3.43. The lowest BCUT2D eigenvalue weighted by atomic mass is 10.3. The third-order valence-electron chi connectivity index (χ3n) is 1.31. The summed E-state index contributed by atoms with van der Waals surface area (Å²) in [6, 6.07) is 8.01. The Kier molecular flexibility index (Phi) is 3.17. The molecule has 0 fully saturated rings. The molecular formula is C9H10BrN. The van der Waals surface area contributed by atoms with E-state index in [2.05, 4.69) is 27.8 Å². The molecule has 0 aliphatic heterocycles. The van der Waals surface area contributed by atoms with Crippen molar-refractivity contribution in [2.75, 3.05) is 11.9 Å². The van der Waals surface area contributed by atoms with Crippen LogP contribution < -0.4 is 5.32 Å². The molecule has 0 amide bonds. The summed E-state index contributed by atoms with van der Waals surface area (Å²) < 4.78 is 1.09. The molecule has 58 valence electrons. The number of rotatable bonds is 3. The van der Waals surface area contributed by atoms with E-state index in [0.29, 0.717) is 0 Å². The fourth-order valence-corrected chi connectivity index (χ4v) is 1.21. The highest BCUT2D eigenvalue weighted by atomic mass is 79.9. The smallest absolute Gasteiger partial charge is 0.0487 e. The Hall–Kier alpha value is -0.760. The second-order valence-electron chi connectivity index (χ2n) is 2.15. The zero-order chi connectivity index (χ0) is 8.10. The maximum atomic E-state index is 3.63. The number of nitrogens with one attached hydrogen (secondary N) is 1. The number of benzene rings is 1. The van der Waals surface area contributed by atoms with Crippen molar-refractivity contribution in [2.24, 2.45) is 0 Å². The molecule has 0 radical (unpaired) electrons. The Balaban J connectivity index is 2.69. The Morgan fingerprint density at radius 1 is 1.45 bits per heavy atom. The molecule has 0 aliphatic carbocycles. The van der Waals surface area contributed by atoms with Gasteiger partial charge in [0.15, 0.2) is 0 Å². The van der Waals surface area contributed by atoms with Crippen molar-refractivity contribution < 1.29 is 0 Å². The van der Waals surface area contributed by atoms with Gasteiger partial charge in [0.05, 0.1) is 0 Å². The van der Waals surface area contributed by atoms with Crippen LogP contribution in [-0.2, 0) is 0 Å². The second kappa shape index (κ2) is 4.19. The van der Waals surface area contributed by atoms with Gasteiger partial charge in [-0.1, -0.05) is 18.2 Å². The van der Waals surface area contributed by atoms with Crippen LogP contribution in [0.5, 0.6) is 0 Å². The van der Waals surface area contributed by atoms with E-state index in [1.807, 2.05) is 30.3 Å². The average Bonchev–Trinajstić information content (AvgIpc) is 2.03. The summed E-state index contributed by atoms with van der Waals surface area (Å²) in [5, 5.41) is 3.20. The first-order valence-corrected chi connectivity index (χ1v) is 4.23. The maximum absolute atomic E-state index is 3.63. The van der Waals surface area contributed by atoms with Crippen LogP contribution in [-0.4, -0.2) is 6.54 Å². The molecule has 1 rings (SSSR count). The standard InChI is InChI=1S/C9H10BrN/c1-2-7-11-9-6-4-3-5-8(9)10/h2-6,11H,1,7H2. The van der Waals surface area contributed by atoms with Crippen molar-refractivity contribution in [1.29, 1.82) is 0 Å². The summed E-state index contributed by atoms with van der Waals surface area (Å²) in [6.07, 6.45) is 1.83. The minimum absolute atomic E-state index is 0.794. The summed E-state index contributed by atoms with van der Waals surface area (Å²) in [6.45, 7) is 4.42. The zero-order valence-electron chi connectivity index (χ0n) is 6.18. The van der Waals surface area contributed by atoms with Gasteiger partial charge in [-0.05, 0) is 28.1 Å². The monoisotopic (exact) mass is 211 g/mol. The molecule has 1 nitrogen and oxygen atoms in total. The van der Waals surface area contributed by atoms with Crippen molar-refractivity contribution in [2.45, 2.75) is 0 Å². The van der Waals surface area contributed by atoms with Crippen LogP contribution >= 0.6 is 15.9 Å². The molecule has 0 heterocycles. The average molecular weight is 212 g/mol.